The van der Waals surface area contributed by atoms with Crippen molar-refractivity contribution in [1.29, 1.82) is 0 Å². The molecule has 0 aliphatic carbocycles. The van der Waals surface area contributed by atoms with Crippen molar-refractivity contribution in [2.24, 2.45) is 0 Å². The molecule has 0 amide bonds. The first-order valence-corrected chi connectivity index (χ1v) is 5.89. The molecule has 7 heteroatoms. The largest absolute Gasteiger partial charge is 0.467 e. The normalized spacial score (nSPS) is 17.2. The summed E-state index contributed by atoms with van der Waals surface area (Å²) in [5, 5.41) is 4.23. The first-order chi connectivity index (χ1) is 8.79. The zero-order chi connectivity index (χ0) is 12.5. The molecule has 7 nitrogen and oxygen atoms in total. The van der Waals surface area contributed by atoms with Gasteiger partial charge in [0.1, 0.15) is 5.82 Å². The Bertz CT molecular complexity index is 612. The van der Waals surface area contributed by atoms with Gasteiger partial charge < -0.3 is 9.47 Å². The lowest BCUT2D eigenvalue weighted by atomic mass is 10.00. The van der Waals surface area contributed by atoms with E-state index in [-0.39, 0.29) is 17.5 Å². The van der Waals surface area contributed by atoms with E-state index in [0.717, 1.165) is 31.9 Å². The zero-order valence-electron chi connectivity index (χ0n) is 10.0. The minimum absolute atomic E-state index is 0.193. The summed E-state index contributed by atoms with van der Waals surface area (Å²) in [4.78, 5) is 18.7. The standard InChI is InChI=1S/C11H14N4O3/c1-17-11-13-10(16)8-6-12-9(15(8)14-11)7-2-4-18-5-3-7/h6-7H,2-5H2,1H3,(H,13,14,16). The third-order valence-electron chi connectivity index (χ3n) is 3.19. The molecule has 2 aromatic rings. The lowest BCUT2D eigenvalue weighted by Crippen LogP contribution is -2.19. The Morgan fingerprint density at radius 3 is 3.00 bits per heavy atom. The summed E-state index contributed by atoms with van der Waals surface area (Å²) < 4.78 is 11.9. The monoisotopic (exact) mass is 250 g/mol. The van der Waals surface area contributed by atoms with E-state index in [4.69, 9.17) is 9.47 Å². The van der Waals surface area contributed by atoms with Gasteiger partial charge in [0.2, 0.25) is 0 Å². The Balaban J connectivity index is 2.12. The van der Waals surface area contributed by atoms with Gasteiger partial charge in [-0.1, -0.05) is 0 Å². The highest BCUT2D eigenvalue weighted by molar-refractivity contribution is 5.42. The number of methoxy groups -OCH3 is 1. The Morgan fingerprint density at radius 2 is 2.28 bits per heavy atom. The van der Waals surface area contributed by atoms with E-state index in [1.54, 1.807) is 10.7 Å². The predicted molar refractivity (Wildman–Crippen MR) is 63.0 cm³/mol. The van der Waals surface area contributed by atoms with Gasteiger partial charge in [0.25, 0.3) is 5.56 Å². The summed E-state index contributed by atoms with van der Waals surface area (Å²) >= 11 is 0. The quantitative estimate of drug-likeness (QED) is 0.830. The van der Waals surface area contributed by atoms with Gasteiger partial charge in [-0.25, -0.2) is 9.50 Å². The highest BCUT2D eigenvalue weighted by Crippen LogP contribution is 2.25. The number of aromatic amines is 1. The predicted octanol–water partition coefficient (Wildman–Crippen LogP) is 0.320. The fraction of sp³-hybridized carbons (Fsp3) is 0.545. The topological polar surface area (TPSA) is 81.5 Å². The molecule has 1 fully saturated rings. The van der Waals surface area contributed by atoms with E-state index in [0.29, 0.717) is 5.52 Å². The van der Waals surface area contributed by atoms with Gasteiger partial charge in [-0.05, 0) is 12.8 Å². The zero-order valence-corrected chi connectivity index (χ0v) is 10.0. The molecular weight excluding hydrogens is 236 g/mol. The van der Waals surface area contributed by atoms with E-state index in [2.05, 4.69) is 15.1 Å². The molecular formula is C11H14N4O3. The number of nitrogens with one attached hydrogen (secondary N) is 1. The molecule has 1 saturated heterocycles. The van der Waals surface area contributed by atoms with Gasteiger partial charge in [-0.3, -0.25) is 9.78 Å². The Labute approximate surface area is 103 Å². The summed E-state index contributed by atoms with van der Waals surface area (Å²) in [6.07, 6.45) is 3.35. The van der Waals surface area contributed by atoms with Crippen molar-refractivity contribution in [3.05, 3.63) is 22.4 Å². The first-order valence-electron chi connectivity index (χ1n) is 5.89. The van der Waals surface area contributed by atoms with Crippen LogP contribution in [-0.4, -0.2) is 39.9 Å². The van der Waals surface area contributed by atoms with E-state index >= 15 is 0 Å². The minimum Gasteiger partial charge on any atom is -0.467 e. The van der Waals surface area contributed by atoms with E-state index < -0.39 is 0 Å². The van der Waals surface area contributed by atoms with Crippen molar-refractivity contribution in [3.8, 4) is 6.01 Å². The number of aromatic nitrogens is 4. The summed E-state index contributed by atoms with van der Waals surface area (Å²) in [6.45, 7) is 1.44. The van der Waals surface area contributed by atoms with Gasteiger partial charge in [-0.15, -0.1) is 5.10 Å². The smallest absolute Gasteiger partial charge is 0.314 e. The summed E-state index contributed by atoms with van der Waals surface area (Å²) in [7, 11) is 1.47. The molecule has 0 atom stereocenters. The average Bonchev–Trinajstić information content (AvgIpc) is 2.84. The van der Waals surface area contributed by atoms with Crippen molar-refractivity contribution in [2.45, 2.75) is 18.8 Å². The average molecular weight is 250 g/mol. The van der Waals surface area contributed by atoms with Crippen LogP contribution in [0.3, 0.4) is 0 Å². The van der Waals surface area contributed by atoms with E-state index in [1.165, 1.54) is 7.11 Å². The van der Waals surface area contributed by atoms with Crippen LogP contribution in [0.15, 0.2) is 11.0 Å². The van der Waals surface area contributed by atoms with Gasteiger partial charge in [-0.2, -0.15) is 0 Å². The van der Waals surface area contributed by atoms with Gasteiger partial charge in [0, 0.05) is 19.1 Å². The van der Waals surface area contributed by atoms with Crippen molar-refractivity contribution >= 4 is 5.52 Å². The van der Waals surface area contributed by atoms with E-state index in [1.807, 2.05) is 0 Å². The van der Waals surface area contributed by atoms with Crippen LogP contribution < -0.4 is 10.3 Å². The summed E-state index contributed by atoms with van der Waals surface area (Å²) in [5.74, 6) is 1.08. The number of fused-ring (bicyclic) bond motifs is 1. The fourth-order valence-electron chi connectivity index (χ4n) is 2.22. The lowest BCUT2D eigenvalue weighted by molar-refractivity contribution is 0.0832. The molecule has 0 radical (unpaired) electrons. The second kappa shape index (κ2) is 4.41. The third kappa shape index (κ3) is 1.76. The molecule has 2 aromatic heterocycles. The molecule has 0 unspecified atom stereocenters. The van der Waals surface area contributed by atoms with Crippen LogP contribution >= 0.6 is 0 Å². The van der Waals surface area contributed by atoms with Crippen molar-refractivity contribution in [1.82, 2.24) is 19.6 Å². The fourth-order valence-corrected chi connectivity index (χ4v) is 2.22. The van der Waals surface area contributed by atoms with Crippen LogP contribution in [0.1, 0.15) is 24.6 Å². The lowest BCUT2D eigenvalue weighted by Gasteiger charge is -2.20. The Kier molecular flexibility index (Phi) is 2.75. The molecule has 1 N–H and O–H groups in total. The Hall–Kier alpha value is -1.89. The molecule has 0 saturated carbocycles. The number of rotatable bonds is 2. The minimum atomic E-state index is -0.243. The molecule has 18 heavy (non-hydrogen) atoms. The molecule has 3 rings (SSSR count). The van der Waals surface area contributed by atoms with Crippen LogP contribution in [0.4, 0.5) is 0 Å². The molecule has 3 heterocycles. The van der Waals surface area contributed by atoms with Crippen LogP contribution in [0, 0.1) is 0 Å². The number of ether oxygens (including phenoxy) is 2. The number of H-pyrrole nitrogens is 1. The number of nitrogens with zero attached hydrogens (tertiary/aromatic N) is 3. The van der Waals surface area contributed by atoms with Crippen LogP contribution in [0.5, 0.6) is 6.01 Å². The van der Waals surface area contributed by atoms with Gasteiger partial charge >= 0.3 is 6.01 Å². The highest BCUT2D eigenvalue weighted by Gasteiger charge is 2.22. The third-order valence-corrected chi connectivity index (χ3v) is 3.19. The van der Waals surface area contributed by atoms with E-state index in [9.17, 15) is 4.79 Å². The van der Waals surface area contributed by atoms with Gasteiger partial charge in [0.05, 0.1) is 13.3 Å². The van der Waals surface area contributed by atoms with Crippen molar-refractivity contribution < 1.29 is 9.47 Å². The SMILES string of the molecule is COc1nn2c(C3CCOCC3)ncc2c(=O)[nH]1. The molecule has 0 aromatic carbocycles. The summed E-state index contributed by atoms with van der Waals surface area (Å²) in [6, 6.07) is 0.193. The number of hydrogen-bond acceptors (Lipinski definition) is 5. The maximum absolute atomic E-state index is 11.8. The van der Waals surface area contributed by atoms with Crippen molar-refractivity contribution in [3.63, 3.8) is 0 Å². The molecule has 1 aliphatic heterocycles. The molecule has 0 bridgehead atoms. The molecule has 0 spiro atoms. The molecule has 1 aliphatic rings. The van der Waals surface area contributed by atoms with Crippen LogP contribution in [0.25, 0.3) is 5.52 Å². The maximum atomic E-state index is 11.8. The van der Waals surface area contributed by atoms with Crippen LogP contribution in [0.2, 0.25) is 0 Å². The Morgan fingerprint density at radius 1 is 1.50 bits per heavy atom. The van der Waals surface area contributed by atoms with Gasteiger partial charge in [0.15, 0.2) is 5.52 Å². The second-order valence-electron chi connectivity index (χ2n) is 4.26. The number of imidazole rings is 1. The second-order valence-corrected chi connectivity index (χ2v) is 4.26. The van der Waals surface area contributed by atoms with Crippen molar-refractivity contribution in [2.75, 3.05) is 20.3 Å². The first kappa shape index (κ1) is 11.2. The van der Waals surface area contributed by atoms with Crippen LogP contribution in [-0.2, 0) is 4.74 Å². The molecule has 96 valence electrons. The number of hydrogen-bond donors (Lipinski definition) is 1. The maximum Gasteiger partial charge on any atom is 0.314 e. The summed E-state index contributed by atoms with van der Waals surface area (Å²) in [5.41, 5.74) is 0.199. The highest BCUT2D eigenvalue weighted by atomic mass is 16.5.